The standard InChI is InChI=1S/C8H12N2O4/c1-13-8-9-5-6(10-8)14-4-2-3-7(11)12/h5H,2-4H2,1H3,(H,9,10)(H,11,12). The van der Waals surface area contributed by atoms with Gasteiger partial charge in [-0.25, -0.2) is 0 Å². The first kappa shape index (κ1) is 10.4. The van der Waals surface area contributed by atoms with Crippen LogP contribution in [0.4, 0.5) is 0 Å². The fraction of sp³-hybridized carbons (Fsp3) is 0.500. The first-order valence-corrected chi connectivity index (χ1v) is 4.16. The maximum absolute atomic E-state index is 10.2. The molecule has 0 bridgehead atoms. The van der Waals surface area contributed by atoms with E-state index in [0.717, 1.165) is 0 Å². The molecule has 78 valence electrons. The highest BCUT2D eigenvalue weighted by Gasteiger charge is 2.01. The highest BCUT2D eigenvalue weighted by Crippen LogP contribution is 2.11. The first-order chi connectivity index (χ1) is 6.72. The highest BCUT2D eigenvalue weighted by atomic mass is 16.5. The van der Waals surface area contributed by atoms with Crippen LogP contribution in [0.3, 0.4) is 0 Å². The van der Waals surface area contributed by atoms with E-state index in [9.17, 15) is 4.79 Å². The number of carbonyl (C=O) groups is 1. The van der Waals surface area contributed by atoms with Crippen molar-refractivity contribution < 1.29 is 19.4 Å². The molecule has 0 fully saturated rings. The van der Waals surface area contributed by atoms with Crippen LogP contribution in [0.15, 0.2) is 6.20 Å². The molecule has 2 N–H and O–H groups in total. The number of rotatable bonds is 6. The number of carboxylic acid groups (broad SMARTS) is 1. The lowest BCUT2D eigenvalue weighted by atomic mass is 10.3. The summed E-state index contributed by atoms with van der Waals surface area (Å²) in [7, 11) is 1.49. The van der Waals surface area contributed by atoms with E-state index < -0.39 is 5.97 Å². The van der Waals surface area contributed by atoms with Crippen molar-refractivity contribution in [2.75, 3.05) is 13.7 Å². The van der Waals surface area contributed by atoms with E-state index in [-0.39, 0.29) is 6.42 Å². The van der Waals surface area contributed by atoms with Gasteiger partial charge in [0.15, 0.2) is 0 Å². The number of aromatic nitrogens is 2. The quantitative estimate of drug-likeness (QED) is 0.659. The second kappa shape index (κ2) is 5.11. The smallest absolute Gasteiger partial charge is 0.303 e. The van der Waals surface area contributed by atoms with Gasteiger partial charge in [-0.3, -0.25) is 9.78 Å². The van der Waals surface area contributed by atoms with E-state index in [1.54, 1.807) is 0 Å². The molecule has 14 heavy (non-hydrogen) atoms. The van der Waals surface area contributed by atoms with E-state index in [0.29, 0.717) is 24.9 Å². The van der Waals surface area contributed by atoms with Gasteiger partial charge in [0.25, 0.3) is 6.01 Å². The number of ether oxygens (including phenoxy) is 2. The van der Waals surface area contributed by atoms with Crippen LogP contribution in [0, 0.1) is 0 Å². The average Bonchev–Trinajstić information content (AvgIpc) is 2.60. The molecular formula is C8H12N2O4. The molecule has 1 aromatic rings. The maximum Gasteiger partial charge on any atom is 0.303 e. The zero-order valence-corrected chi connectivity index (χ0v) is 7.82. The highest BCUT2D eigenvalue weighted by molar-refractivity contribution is 5.66. The van der Waals surface area contributed by atoms with Crippen molar-refractivity contribution in [3.8, 4) is 11.9 Å². The monoisotopic (exact) mass is 200 g/mol. The first-order valence-electron chi connectivity index (χ1n) is 4.16. The molecule has 0 unspecified atom stereocenters. The number of hydrogen-bond acceptors (Lipinski definition) is 4. The number of nitrogens with zero attached hydrogens (tertiary/aromatic N) is 1. The molecule has 1 rings (SSSR count). The summed E-state index contributed by atoms with van der Waals surface area (Å²) in [5.74, 6) is -0.344. The number of imidazole rings is 1. The van der Waals surface area contributed by atoms with Gasteiger partial charge in [-0.1, -0.05) is 0 Å². The van der Waals surface area contributed by atoms with Crippen molar-refractivity contribution in [1.29, 1.82) is 0 Å². The molecule has 0 saturated heterocycles. The Kier molecular flexibility index (Phi) is 3.78. The summed E-state index contributed by atoms with van der Waals surface area (Å²) in [6, 6.07) is 0.373. The van der Waals surface area contributed by atoms with Crippen LogP contribution in [-0.4, -0.2) is 34.8 Å². The predicted octanol–water partition coefficient (Wildman–Crippen LogP) is 0.662. The third kappa shape index (κ3) is 3.34. The van der Waals surface area contributed by atoms with E-state index in [1.807, 2.05) is 0 Å². The number of aromatic amines is 1. The molecule has 0 spiro atoms. The minimum Gasteiger partial charge on any atom is -0.481 e. The van der Waals surface area contributed by atoms with E-state index >= 15 is 0 Å². The minimum atomic E-state index is -0.823. The Labute approximate surface area is 80.9 Å². The molecule has 0 amide bonds. The van der Waals surface area contributed by atoms with Crippen molar-refractivity contribution in [2.24, 2.45) is 0 Å². The van der Waals surface area contributed by atoms with Crippen LogP contribution in [-0.2, 0) is 4.79 Å². The van der Waals surface area contributed by atoms with Crippen LogP contribution < -0.4 is 9.47 Å². The van der Waals surface area contributed by atoms with Crippen LogP contribution in [0.2, 0.25) is 0 Å². The molecule has 0 aliphatic rings. The molecule has 1 heterocycles. The van der Waals surface area contributed by atoms with Crippen molar-refractivity contribution in [3.05, 3.63) is 6.20 Å². The fourth-order valence-corrected chi connectivity index (χ4v) is 0.870. The van der Waals surface area contributed by atoms with Crippen molar-refractivity contribution in [1.82, 2.24) is 9.97 Å². The Morgan fingerprint density at radius 1 is 1.71 bits per heavy atom. The van der Waals surface area contributed by atoms with Gasteiger partial charge in [0.1, 0.15) is 0 Å². The van der Waals surface area contributed by atoms with Gasteiger partial charge in [0.2, 0.25) is 5.88 Å². The Morgan fingerprint density at radius 2 is 2.50 bits per heavy atom. The van der Waals surface area contributed by atoms with E-state index in [4.69, 9.17) is 14.6 Å². The van der Waals surface area contributed by atoms with Crippen LogP contribution >= 0.6 is 0 Å². The van der Waals surface area contributed by atoms with Gasteiger partial charge in [0.05, 0.1) is 19.9 Å². The number of H-pyrrole nitrogens is 1. The lowest BCUT2D eigenvalue weighted by molar-refractivity contribution is -0.137. The zero-order valence-electron chi connectivity index (χ0n) is 7.82. The van der Waals surface area contributed by atoms with Crippen molar-refractivity contribution in [2.45, 2.75) is 12.8 Å². The summed E-state index contributed by atoms with van der Waals surface area (Å²) in [5.41, 5.74) is 0. The molecule has 0 radical (unpaired) electrons. The number of aliphatic carboxylic acids is 1. The minimum absolute atomic E-state index is 0.102. The maximum atomic E-state index is 10.2. The van der Waals surface area contributed by atoms with Crippen LogP contribution in [0.1, 0.15) is 12.8 Å². The predicted molar refractivity (Wildman–Crippen MR) is 47.5 cm³/mol. The lowest BCUT2D eigenvalue weighted by Gasteiger charge is -2.00. The summed E-state index contributed by atoms with van der Waals surface area (Å²) in [6.45, 7) is 0.345. The Hall–Kier alpha value is -1.72. The number of hydrogen-bond donors (Lipinski definition) is 2. The van der Waals surface area contributed by atoms with E-state index in [2.05, 4.69) is 9.97 Å². The zero-order chi connectivity index (χ0) is 10.4. The number of carboxylic acids is 1. The van der Waals surface area contributed by atoms with Crippen molar-refractivity contribution >= 4 is 5.97 Å². The summed E-state index contributed by atoms with van der Waals surface area (Å²) in [5, 5.41) is 8.36. The fourth-order valence-electron chi connectivity index (χ4n) is 0.870. The summed E-state index contributed by atoms with van der Waals surface area (Å²) >= 11 is 0. The summed E-state index contributed by atoms with van der Waals surface area (Å²) < 4.78 is 9.98. The van der Waals surface area contributed by atoms with Crippen LogP contribution in [0.25, 0.3) is 0 Å². The topological polar surface area (TPSA) is 84.4 Å². The third-order valence-electron chi connectivity index (χ3n) is 1.52. The second-order valence-corrected chi connectivity index (χ2v) is 2.60. The summed E-state index contributed by atoms with van der Waals surface area (Å²) in [4.78, 5) is 16.7. The van der Waals surface area contributed by atoms with Crippen LogP contribution in [0.5, 0.6) is 11.9 Å². The van der Waals surface area contributed by atoms with Gasteiger partial charge in [-0.05, 0) is 6.42 Å². The normalized spacial score (nSPS) is 9.79. The van der Waals surface area contributed by atoms with Gasteiger partial charge in [0, 0.05) is 6.42 Å². The third-order valence-corrected chi connectivity index (χ3v) is 1.52. The number of nitrogens with one attached hydrogen (secondary N) is 1. The van der Waals surface area contributed by atoms with Crippen molar-refractivity contribution in [3.63, 3.8) is 0 Å². The Morgan fingerprint density at radius 3 is 3.07 bits per heavy atom. The molecule has 0 aliphatic carbocycles. The SMILES string of the molecule is COc1ncc(OCCCC(=O)O)[nH]1. The molecule has 1 aromatic heterocycles. The molecule has 0 aromatic carbocycles. The van der Waals surface area contributed by atoms with Gasteiger partial charge >= 0.3 is 5.97 Å². The largest absolute Gasteiger partial charge is 0.481 e. The molecule has 0 aliphatic heterocycles. The van der Waals surface area contributed by atoms with Gasteiger partial charge in [-0.15, -0.1) is 0 Å². The molecule has 6 nitrogen and oxygen atoms in total. The lowest BCUT2D eigenvalue weighted by Crippen LogP contribution is -2.02. The van der Waals surface area contributed by atoms with Gasteiger partial charge < -0.3 is 14.6 Å². The molecule has 0 atom stereocenters. The summed E-state index contributed by atoms with van der Waals surface area (Å²) in [6.07, 6.45) is 2.06. The van der Waals surface area contributed by atoms with E-state index in [1.165, 1.54) is 13.3 Å². The second-order valence-electron chi connectivity index (χ2n) is 2.60. The van der Waals surface area contributed by atoms with Gasteiger partial charge in [-0.2, -0.15) is 4.98 Å². The molecular weight excluding hydrogens is 188 g/mol. The Balaban J connectivity index is 2.21. The molecule has 0 saturated carbocycles. The average molecular weight is 200 g/mol. The number of methoxy groups -OCH3 is 1. The molecule has 6 heteroatoms. The Bertz CT molecular complexity index is 297.